The maximum absolute atomic E-state index is 12.1. The molecule has 0 bridgehead atoms. The van der Waals surface area contributed by atoms with Crippen LogP contribution >= 0.6 is 0 Å². The molecule has 136 valence electrons. The fraction of sp³-hybridized carbons (Fsp3) is 0.706. The van der Waals surface area contributed by atoms with Crippen LogP contribution in [0.4, 0.5) is 0 Å². The van der Waals surface area contributed by atoms with Crippen molar-refractivity contribution in [2.24, 2.45) is 0 Å². The second kappa shape index (κ2) is 8.89. The van der Waals surface area contributed by atoms with Gasteiger partial charge in [-0.1, -0.05) is 6.07 Å². The van der Waals surface area contributed by atoms with E-state index in [1.165, 1.54) is 6.26 Å². The Kier molecular flexibility index (Phi) is 7.16. The zero-order chi connectivity index (χ0) is 17.6. The molecule has 0 aromatic carbocycles. The smallest absolute Gasteiger partial charge is 0.211 e. The molecule has 1 aromatic heterocycles. The zero-order valence-corrected chi connectivity index (χ0v) is 15.9. The Labute approximate surface area is 146 Å². The number of piperidine rings is 1. The number of hydrogen-bond donors (Lipinski definition) is 0. The summed E-state index contributed by atoms with van der Waals surface area (Å²) < 4.78 is 25.9. The van der Waals surface area contributed by atoms with Crippen LogP contribution in [0.5, 0.6) is 0 Å². The molecule has 0 spiro atoms. The number of likely N-dealkylation sites (tertiary alicyclic amines) is 1. The molecule has 0 amide bonds. The summed E-state index contributed by atoms with van der Waals surface area (Å²) in [5.41, 5.74) is 1.11. The highest BCUT2D eigenvalue weighted by Crippen LogP contribution is 2.19. The Balaban J connectivity index is 1.83. The molecule has 1 aliphatic rings. The molecule has 7 heteroatoms. The standard InChI is InChI=1S/C17H30N4O2S/c1-19(2)14-15-21(24(3,22)23)17-8-12-20(13-9-17)11-7-16-6-4-5-10-18-16/h4-6,10,17H,7-9,11-15H2,1-3H3. The third-order valence-electron chi connectivity index (χ3n) is 4.57. The van der Waals surface area contributed by atoms with Crippen molar-refractivity contribution in [1.29, 1.82) is 0 Å². The normalized spacial score (nSPS) is 17.7. The van der Waals surface area contributed by atoms with Crippen LogP contribution in [0.25, 0.3) is 0 Å². The molecule has 0 unspecified atom stereocenters. The first-order valence-corrected chi connectivity index (χ1v) is 10.4. The van der Waals surface area contributed by atoms with Gasteiger partial charge in [-0.15, -0.1) is 0 Å². The molecule has 0 radical (unpaired) electrons. The second-order valence-electron chi connectivity index (χ2n) is 6.82. The van der Waals surface area contributed by atoms with E-state index in [9.17, 15) is 8.42 Å². The molecule has 1 saturated heterocycles. The van der Waals surface area contributed by atoms with E-state index in [-0.39, 0.29) is 6.04 Å². The first-order valence-electron chi connectivity index (χ1n) is 8.60. The molecule has 2 rings (SSSR count). The number of sulfonamides is 1. The Bertz CT molecular complexity index is 584. The largest absolute Gasteiger partial charge is 0.308 e. The summed E-state index contributed by atoms with van der Waals surface area (Å²) in [7, 11) is 0.791. The number of pyridine rings is 1. The van der Waals surface area contributed by atoms with Gasteiger partial charge in [0.15, 0.2) is 0 Å². The minimum atomic E-state index is -3.15. The number of rotatable bonds is 8. The van der Waals surface area contributed by atoms with Crippen molar-refractivity contribution in [2.45, 2.75) is 25.3 Å². The topological polar surface area (TPSA) is 56.8 Å². The van der Waals surface area contributed by atoms with Gasteiger partial charge >= 0.3 is 0 Å². The van der Waals surface area contributed by atoms with Crippen molar-refractivity contribution in [1.82, 2.24) is 19.1 Å². The van der Waals surface area contributed by atoms with E-state index >= 15 is 0 Å². The van der Waals surface area contributed by atoms with Crippen LogP contribution in [-0.4, -0.2) is 86.6 Å². The number of likely N-dealkylation sites (N-methyl/N-ethyl adjacent to an activating group) is 1. The summed E-state index contributed by atoms with van der Waals surface area (Å²) in [5.74, 6) is 0. The predicted octanol–water partition coefficient (Wildman–Crippen LogP) is 0.912. The highest BCUT2D eigenvalue weighted by molar-refractivity contribution is 7.88. The molecule has 0 N–H and O–H groups in total. The van der Waals surface area contributed by atoms with Gasteiger partial charge in [0.25, 0.3) is 0 Å². The van der Waals surface area contributed by atoms with E-state index in [0.29, 0.717) is 6.54 Å². The van der Waals surface area contributed by atoms with Crippen LogP contribution in [0.15, 0.2) is 24.4 Å². The maximum Gasteiger partial charge on any atom is 0.211 e. The molecule has 1 aliphatic heterocycles. The Morgan fingerprint density at radius 2 is 1.92 bits per heavy atom. The van der Waals surface area contributed by atoms with E-state index < -0.39 is 10.0 Å². The Morgan fingerprint density at radius 3 is 2.46 bits per heavy atom. The van der Waals surface area contributed by atoms with Gasteiger partial charge in [-0.25, -0.2) is 8.42 Å². The van der Waals surface area contributed by atoms with Crippen LogP contribution in [0.1, 0.15) is 18.5 Å². The van der Waals surface area contributed by atoms with E-state index in [0.717, 1.165) is 51.1 Å². The monoisotopic (exact) mass is 354 g/mol. The van der Waals surface area contributed by atoms with Crippen molar-refractivity contribution in [3.05, 3.63) is 30.1 Å². The average Bonchev–Trinajstić information content (AvgIpc) is 2.53. The quantitative estimate of drug-likeness (QED) is 0.695. The fourth-order valence-electron chi connectivity index (χ4n) is 3.17. The average molecular weight is 355 g/mol. The first kappa shape index (κ1) is 19.3. The molecular weight excluding hydrogens is 324 g/mol. The van der Waals surface area contributed by atoms with Crippen molar-refractivity contribution < 1.29 is 8.42 Å². The van der Waals surface area contributed by atoms with Crippen LogP contribution in [0.2, 0.25) is 0 Å². The Morgan fingerprint density at radius 1 is 1.21 bits per heavy atom. The lowest BCUT2D eigenvalue weighted by molar-refractivity contribution is 0.155. The minimum Gasteiger partial charge on any atom is -0.308 e. The fourth-order valence-corrected chi connectivity index (χ4v) is 4.33. The second-order valence-corrected chi connectivity index (χ2v) is 8.76. The molecule has 2 heterocycles. The van der Waals surface area contributed by atoms with Gasteiger partial charge in [0.2, 0.25) is 10.0 Å². The molecule has 0 aliphatic carbocycles. The van der Waals surface area contributed by atoms with Gasteiger partial charge in [0, 0.05) is 44.0 Å². The highest BCUT2D eigenvalue weighted by atomic mass is 32.2. The molecule has 6 nitrogen and oxygen atoms in total. The summed E-state index contributed by atoms with van der Waals surface area (Å²) in [6, 6.07) is 6.14. The molecule has 0 saturated carbocycles. The number of aromatic nitrogens is 1. The minimum absolute atomic E-state index is 0.131. The zero-order valence-electron chi connectivity index (χ0n) is 15.1. The number of nitrogens with zero attached hydrogens (tertiary/aromatic N) is 4. The highest BCUT2D eigenvalue weighted by Gasteiger charge is 2.29. The van der Waals surface area contributed by atoms with E-state index in [2.05, 4.69) is 16.0 Å². The summed E-state index contributed by atoms with van der Waals surface area (Å²) in [6.45, 7) is 4.22. The SMILES string of the molecule is CN(C)CCN(C1CCN(CCc2ccccn2)CC1)S(C)(=O)=O. The maximum atomic E-state index is 12.1. The summed E-state index contributed by atoms with van der Waals surface area (Å²) >= 11 is 0. The first-order chi connectivity index (χ1) is 11.4. The lowest BCUT2D eigenvalue weighted by Crippen LogP contribution is -2.49. The molecular formula is C17H30N4O2S. The molecule has 1 aromatic rings. The van der Waals surface area contributed by atoms with Gasteiger partial charge in [-0.05, 0) is 52.2 Å². The third-order valence-corrected chi connectivity index (χ3v) is 5.90. The van der Waals surface area contributed by atoms with Gasteiger partial charge in [-0.3, -0.25) is 4.98 Å². The lowest BCUT2D eigenvalue weighted by atomic mass is 10.0. The van der Waals surface area contributed by atoms with Gasteiger partial charge in [0.05, 0.1) is 6.26 Å². The van der Waals surface area contributed by atoms with Crippen LogP contribution < -0.4 is 0 Å². The van der Waals surface area contributed by atoms with Crippen molar-refractivity contribution in [3.8, 4) is 0 Å². The van der Waals surface area contributed by atoms with Crippen LogP contribution in [-0.2, 0) is 16.4 Å². The van der Waals surface area contributed by atoms with E-state index in [1.54, 1.807) is 4.31 Å². The Hall–Kier alpha value is -1.02. The van der Waals surface area contributed by atoms with Gasteiger partial charge < -0.3 is 9.80 Å². The van der Waals surface area contributed by atoms with Crippen molar-refractivity contribution in [2.75, 3.05) is 53.1 Å². The van der Waals surface area contributed by atoms with Gasteiger partial charge in [0.1, 0.15) is 0 Å². The van der Waals surface area contributed by atoms with Crippen molar-refractivity contribution >= 4 is 10.0 Å². The molecule has 0 atom stereocenters. The van der Waals surface area contributed by atoms with Crippen molar-refractivity contribution in [3.63, 3.8) is 0 Å². The van der Waals surface area contributed by atoms with Crippen LogP contribution in [0, 0.1) is 0 Å². The lowest BCUT2D eigenvalue weighted by Gasteiger charge is -2.37. The van der Waals surface area contributed by atoms with E-state index in [1.807, 2.05) is 37.3 Å². The number of hydrogen-bond acceptors (Lipinski definition) is 5. The molecule has 24 heavy (non-hydrogen) atoms. The van der Waals surface area contributed by atoms with Gasteiger partial charge in [-0.2, -0.15) is 4.31 Å². The van der Waals surface area contributed by atoms with E-state index in [4.69, 9.17) is 0 Å². The summed E-state index contributed by atoms with van der Waals surface area (Å²) in [4.78, 5) is 8.80. The summed E-state index contributed by atoms with van der Waals surface area (Å²) in [6.07, 6.45) is 5.92. The predicted molar refractivity (Wildman–Crippen MR) is 97.5 cm³/mol. The third kappa shape index (κ3) is 6.12. The molecule has 1 fully saturated rings. The summed E-state index contributed by atoms with van der Waals surface area (Å²) in [5, 5.41) is 0. The van der Waals surface area contributed by atoms with Crippen LogP contribution in [0.3, 0.4) is 0 Å².